The van der Waals surface area contributed by atoms with Gasteiger partial charge in [0.05, 0.1) is 0 Å². The van der Waals surface area contributed by atoms with Crippen molar-refractivity contribution in [2.24, 2.45) is 5.84 Å². The number of unbranched alkanes of at least 4 members (excludes halogenated alkanes) is 1. The lowest BCUT2D eigenvalue weighted by atomic mass is 10.3. The minimum atomic E-state index is -0.347. The molecular weight excluding hydrogens is 119 g/mol. The summed E-state index contributed by atoms with van der Waals surface area (Å²) in [6, 6.07) is 0. The van der Waals surface area contributed by atoms with E-state index >= 15 is 0 Å². The number of halogens is 1. The Morgan fingerprint density at radius 1 is 1.44 bits per heavy atom. The van der Waals surface area contributed by atoms with Gasteiger partial charge in [-0.15, -0.1) is 0 Å². The van der Waals surface area contributed by atoms with Crippen LogP contribution in [0.15, 0.2) is 0 Å². The van der Waals surface area contributed by atoms with Gasteiger partial charge in [-0.3, -0.25) is 5.84 Å². The Bertz CT molecular complexity index is 59.0. The Morgan fingerprint density at radius 3 is 2.56 bits per heavy atom. The zero-order valence-corrected chi connectivity index (χ0v) is 5.94. The van der Waals surface area contributed by atoms with Gasteiger partial charge in [-0.1, -0.05) is 13.3 Å². The fraction of sp³-hybridized carbons (Fsp3) is 1.00. The zero-order valence-electron chi connectivity index (χ0n) is 5.94. The lowest BCUT2D eigenvalue weighted by molar-refractivity contribution is 0.251. The van der Waals surface area contributed by atoms with Crippen molar-refractivity contribution in [1.82, 2.24) is 5.01 Å². The molecule has 0 heterocycles. The number of hydrogen-bond donors (Lipinski definition) is 1. The predicted octanol–water partition coefficient (Wildman–Crippen LogP) is 0.932. The molecule has 0 aliphatic heterocycles. The molecule has 0 unspecified atom stereocenters. The molecule has 2 N–H and O–H groups in total. The molecule has 9 heavy (non-hydrogen) atoms. The van der Waals surface area contributed by atoms with Gasteiger partial charge in [-0.2, -0.15) is 0 Å². The molecular formula is C6H15FN2. The highest BCUT2D eigenvalue weighted by Crippen LogP contribution is 1.88. The molecule has 0 fully saturated rings. The van der Waals surface area contributed by atoms with Crippen molar-refractivity contribution < 1.29 is 4.39 Å². The molecule has 0 aliphatic rings. The summed E-state index contributed by atoms with van der Waals surface area (Å²) < 4.78 is 11.5. The van der Waals surface area contributed by atoms with Crippen LogP contribution in [0.3, 0.4) is 0 Å². The molecule has 0 saturated carbocycles. The Balaban J connectivity index is 2.95. The molecule has 0 radical (unpaired) electrons. The molecule has 0 bridgehead atoms. The first kappa shape index (κ1) is 8.85. The van der Waals surface area contributed by atoms with Crippen molar-refractivity contribution in [2.45, 2.75) is 19.8 Å². The Labute approximate surface area is 55.8 Å². The summed E-state index contributed by atoms with van der Waals surface area (Å²) in [7, 11) is 0. The summed E-state index contributed by atoms with van der Waals surface area (Å²) in [4.78, 5) is 0. The summed E-state index contributed by atoms with van der Waals surface area (Å²) >= 11 is 0. The van der Waals surface area contributed by atoms with Crippen molar-refractivity contribution >= 4 is 0 Å². The summed E-state index contributed by atoms with van der Waals surface area (Å²) in [5.74, 6) is 5.36. The third-order valence-corrected chi connectivity index (χ3v) is 1.17. The number of rotatable bonds is 5. The van der Waals surface area contributed by atoms with Gasteiger partial charge in [0.15, 0.2) is 0 Å². The van der Waals surface area contributed by atoms with Crippen molar-refractivity contribution in [3.8, 4) is 0 Å². The van der Waals surface area contributed by atoms with Gasteiger partial charge in [0.1, 0.15) is 6.67 Å². The first-order chi connectivity index (χ1) is 4.31. The lowest BCUT2D eigenvalue weighted by Crippen LogP contribution is -2.33. The average molecular weight is 134 g/mol. The second-order valence-electron chi connectivity index (χ2n) is 2.08. The first-order valence-corrected chi connectivity index (χ1v) is 3.37. The van der Waals surface area contributed by atoms with Crippen LogP contribution in [0.4, 0.5) is 4.39 Å². The molecule has 0 aliphatic carbocycles. The van der Waals surface area contributed by atoms with Gasteiger partial charge in [0.2, 0.25) is 0 Å². The van der Waals surface area contributed by atoms with Crippen LogP contribution in [0.1, 0.15) is 19.8 Å². The maximum Gasteiger partial charge on any atom is 0.103 e. The standard InChI is InChI=1S/C6H15FN2/c1-2-3-5-9(8)6-4-7/h2-6,8H2,1H3. The maximum atomic E-state index is 11.5. The van der Waals surface area contributed by atoms with E-state index in [1.165, 1.54) is 5.01 Å². The van der Waals surface area contributed by atoms with E-state index < -0.39 is 0 Å². The first-order valence-electron chi connectivity index (χ1n) is 3.37. The highest BCUT2D eigenvalue weighted by atomic mass is 19.1. The molecule has 3 heteroatoms. The van der Waals surface area contributed by atoms with E-state index in [1.807, 2.05) is 0 Å². The molecule has 56 valence electrons. The van der Waals surface area contributed by atoms with Crippen LogP contribution < -0.4 is 5.84 Å². The van der Waals surface area contributed by atoms with Crippen molar-refractivity contribution in [3.05, 3.63) is 0 Å². The topological polar surface area (TPSA) is 29.3 Å². The van der Waals surface area contributed by atoms with Crippen LogP contribution >= 0.6 is 0 Å². The van der Waals surface area contributed by atoms with E-state index in [1.54, 1.807) is 0 Å². The molecule has 0 aromatic carbocycles. The van der Waals surface area contributed by atoms with Crippen LogP contribution in [-0.4, -0.2) is 24.8 Å². The number of nitrogens with zero attached hydrogens (tertiary/aromatic N) is 1. The number of hydrazine groups is 1. The van der Waals surface area contributed by atoms with Crippen LogP contribution in [0.2, 0.25) is 0 Å². The minimum Gasteiger partial charge on any atom is -0.269 e. The molecule has 0 atom stereocenters. The van der Waals surface area contributed by atoms with E-state index in [0.717, 1.165) is 19.4 Å². The van der Waals surface area contributed by atoms with Crippen molar-refractivity contribution in [2.75, 3.05) is 19.8 Å². The molecule has 0 saturated heterocycles. The third kappa shape index (κ3) is 5.73. The molecule has 0 aromatic rings. The fourth-order valence-electron chi connectivity index (χ4n) is 0.582. The van der Waals surface area contributed by atoms with Gasteiger partial charge in [-0.05, 0) is 6.42 Å². The highest BCUT2D eigenvalue weighted by Gasteiger charge is 1.94. The fourth-order valence-corrected chi connectivity index (χ4v) is 0.582. The maximum absolute atomic E-state index is 11.5. The quantitative estimate of drug-likeness (QED) is 0.447. The van der Waals surface area contributed by atoms with Gasteiger partial charge in [-0.25, -0.2) is 9.40 Å². The average Bonchev–Trinajstić information content (AvgIpc) is 1.85. The molecule has 2 nitrogen and oxygen atoms in total. The van der Waals surface area contributed by atoms with E-state index in [-0.39, 0.29) is 6.67 Å². The molecule has 0 amide bonds. The molecule has 0 aromatic heterocycles. The highest BCUT2D eigenvalue weighted by molar-refractivity contribution is 4.45. The Kier molecular flexibility index (Phi) is 5.88. The van der Waals surface area contributed by atoms with Crippen LogP contribution in [-0.2, 0) is 0 Å². The number of alkyl halides is 1. The summed E-state index contributed by atoms with van der Waals surface area (Å²) in [6.45, 7) is 2.91. The van der Waals surface area contributed by atoms with Crippen molar-refractivity contribution in [3.63, 3.8) is 0 Å². The van der Waals surface area contributed by atoms with E-state index in [9.17, 15) is 4.39 Å². The largest absolute Gasteiger partial charge is 0.269 e. The van der Waals surface area contributed by atoms with E-state index in [2.05, 4.69) is 6.92 Å². The van der Waals surface area contributed by atoms with Gasteiger partial charge in [0, 0.05) is 13.1 Å². The van der Waals surface area contributed by atoms with Crippen LogP contribution in [0.25, 0.3) is 0 Å². The monoisotopic (exact) mass is 134 g/mol. The summed E-state index contributed by atoms with van der Waals surface area (Å²) in [5, 5.41) is 1.52. The van der Waals surface area contributed by atoms with Gasteiger partial charge in [0.25, 0.3) is 0 Å². The van der Waals surface area contributed by atoms with Crippen LogP contribution in [0, 0.1) is 0 Å². The number of hydrogen-bond acceptors (Lipinski definition) is 2. The minimum absolute atomic E-state index is 0.347. The molecule has 0 spiro atoms. The SMILES string of the molecule is CCCCN(N)CCF. The summed E-state index contributed by atoms with van der Waals surface area (Å²) in [5.41, 5.74) is 0. The second-order valence-corrected chi connectivity index (χ2v) is 2.08. The Hall–Kier alpha value is -0.150. The van der Waals surface area contributed by atoms with E-state index in [4.69, 9.17) is 5.84 Å². The Morgan fingerprint density at radius 2 is 2.11 bits per heavy atom. The number of nitrogens with two attached hydrogens (primary N) is 1. The van der Waals surface area contributed by atoms with Crippen molar-refractivity contribution in [1.29, 1.82) is 0 Å². The van der Waals surface area contributed by atoms with Gasteiger partial charge >= 0.3 is 0 Å². The summed E-state index contributed by atoms with van der Waals surface area (Å²) in [6.07, 6.45) is 2.16. The smallest absolute Gasteiger partial charge is 0.103 e. The normalized spacial score (nSPS) is 10.7. The molecule has 0 rings (SSSR count). The second kappa shape index (κ2) is 5.98. The zero-order chi connectivity index (χ0) is 7.11. The van der Waals surface area contributed by atoms with E-state index in [0.29, 0.717) is 6.54 Å². The van der Waals surface area contributed by atoms with Crippen LogP contribution in [0.5, 0.6) is 0 Å². The third-order valence-electron chi connectivity index (χ3n) is 1.17. The lowest BCUT2D eigenvalue weighted by Gasteiger charge is -2.12. The van der Waals surface area contributed by atoms with Gasteiger partial charge < -0.3 is 0 Å². The predicted molar refractivity (Wildman–Crippen MR) is 36.6 cm³/mol.